The van der Waals surface area contributed by atoms with Crippen LogP contribution in [0.3, 0.4) is 0 Å². The van der Waals surface area contributed by atoms with Crippen LogP contribution in [0.1, 0.15) is 32.6 Å². The average Bonchev–Trinajstić information content (AvgIpc) is 3.25. The van der Waals surface area contributed by atoms with Crippen molar-refractivity contribution >= 4 is 11.9 Å². The van der Waals surface area contributed by atoms with Crippen molar-refractivity contribution in [2.24, 2.45) is 0 Å². The molecule has 2 aliphatic heterocycles. The maximum Gasteiger partial charge on any atom is 0.232 e. The highest BCUT2D eigenvalue weighted by atomic mass is 16.5. The summed E-state index contributed by atoms with van der Waals surface area (Å²) in [6.07, 6.45) is 1.72. The van der Waals surface area contributed by atoms with Gasteiger partial charge in [-0.1, -0.05) is 12.1 Å². The molecule has 0 aromatic heterocycles. The molecule has 0 saturated heterocycles. The number of allylic oxidation sites excluding steroid dienone is 1. The second kappa shape index (κ2) is 10.1. The first-order valence-electron chi connectivity index (χ1n) is 11.8. The minimum Gasteiger partial charge on any atom is -0.493 e. The van der Waals surface area contributed by atoms with E-state index >= 15 is 0 Å². The van der Waals surface area contributed by atoms with Crippen molar-refractivity contribution in [1.82, 2.24) is 4.90 Å². The van der Waals surface area contributed by atoms with E-state index in [2.05, 4.69) is 4.90 Å². The molecular formula is C29H29NO7. The molecule has 3 aromatic carbocycles. The number of ketones is 1. The first-order chi connectivity index (χ1) is 17.9. The third kappa shape index (κ3) is 4.56. The van der Waals surface area contributed by atoms with Crippen molar-refractivity contribution in [3.63, 3.8) is 0 Å². The van der Waals surface area contributed by atoms with E-state index in [9.17, 15) is 4.79 Å². The quantitative estimate of drug-likeness (QED) is 0.417. The van der Waals surface area contributed by atoms with Crippen LogP contribution in [0.25, 0.3) is 6.08 Å². The van der Waals surface area contributed by atoms with Gasteiger partial charge >= 0.3 is 0 Å². The number of fused-ring (bicyclic) bond motifs is 3. The van der Waals surface area contributed by atoms with Crippen molar-refractivity contribution in [3.05, 3.63) is 76.0 Å². The van der Waals surface area contributed by atoms with Gasteiger partial charge in [-0.3, -0.25) is 9.69 Å². The molecule has 0 fully saturated rings. The lowest BCUT2D eigenvalue weighted by Crippen LogP contribution is -2.31. The molecule has 3 aromatic rings. The van der Waals surface area contributed by atoms with E-state index in [0.29, 0.717) is 54.1 Å². The van der Waals surface area contributed by atoms with E-state index < -0.39 is 0 Å². The van der Waals surface area contributed by atoms with Crippen LogP contribution in [0.15, 0.2) is 48.2 Å². The summed E-state index contributed by atoms with van der Waals surface area (Å²) in [6.45, 7) is 3.52. The number of hydrogen-bond donors (Lipinski definition) is 0. The fourth-order valence-electron chi connectivity index (χ4n) is 4.71. The highest BCUT2D eigenvalue weighted by molar-refractivity contribution is 6.16. The summed E-state index contributed by atoms with van der Waals surface area (Å²) >= 11 is 0. The van der Waals surface area contributed by atoms with Gasteiger partial charge in [-0.25, -0.2) is 0 Å². The van der Waals surface area contributed by atoms with E-state index in [1.54, 1.807) is 40.6 Å². The number of methoxy groups -OCH3 is 4. The third-order valence-electron chi connectivity index (χ3n) is 6.55. The highest BCUT2D eigenvalue weighted by Crippen LogP contribution is 2.44. The number of benzene rings is 3. The molecule has 0 N–H and O–H groups in total. The zero-order valence-electron chi connectivity index (χ0n) is 21.5. The second-order valence-electron chi connectivity index (χ2n) is 8.88. The summed E-state index contributed by atoms with van der Waals surface area (Å²) in [4.78, 5) is 15.5. The molecular weight excluding hydrogens is 474 g/mol. The second-order valence-corrected chi connectivity index (χ2v) is 8.88. The molecule has 0 amide bonds. The predicted molar refractivity (Wildman–Crippen MR) is 138 cm³/mol. The smallest absolute Gasteiger partial charge is 0.232 e. The Hall–Kier alpha value is -4.17. The molecule has 0 aliphatic carbocycles. The Kier molecular flexibility index (Phi) is 6.67. The van der Waals surface area contributed by atoms with Gasteiger partial charge in [0.2, 0.25) is 5.78 Å². The topological polar surface area (TPSA) is 75.7 Å². The average molecular weight is 504 g/mol. The van der Waals surface area contributed by atoms with Gasteiger partial charge in [0.1, 0.15) is 18.2 Å². The van der Waals surface area contributed by atoms with Gasteiger partial charge < -0.3 is 28.4 Å². The minimum absolute atomic E-state index is 0.151. The molecule has 0 bridgehead atoms. The number of hydrogen-bond acceptors (Lipinski definition) is 8. The van der Waals surface area contributed by atoms with Crippen LogP contribution in [0.2, 0.25) is 0 Å². The number of Topliss-reactive ketones (excluding diaryl/α,β-unsaturated/α-hetero) is 1. The Labute approximate surface area is 215 Å². The maximum absolute atomic E-state index is 13.4. The molecule has 2 heterocycles. The molecule has 0 spiro atoms. The van der Waals surface area contributed by atoms with Crippen LogP contribution < -0.4 is 28.4 Å². The lowest BCUT2D eigenvalue weighted by Gasteiger charge is -2.30. The van der Waals surface area contributed by atoms with E-state index in [-0.39, 0.29) is 11.5 Å². The van der Waals surface area contributed by atoms with Gasteiger partial charge in [0.25, 0.3) is 0 Å². The highest BCUT2D eigenvalue weighted by Gasteiger charge is 2.35. The molecule has 37 heavy (non-hydrogen) atoms. The van der Waals surface area contributed by atoms with Gasteiger partial charge in [0.05, 0.1) is 39.6 Å². The van der Waals surface area contributed by atoms with Crippen LogP contribution in [-0.4, -0.2) is 45.9 Å². The monoisotopic (exact) mass is 503 g/mol. The van der Waals surface area contributed by atoms with Crippen LogP contribution in [-0.2, 0) is 13.1 Å². The Balaban J connectivity index is 1.42. The molecule has 8 nitrogen and oxygen atoms in total. The predicted octanol–water partition coefficient (Wildman–Crippen LogP) is 5.00. The van der Waals surface area contributed by atoms with Crippen LogP contribution in [0, 0.1) is 6.92 Å². The van der Waals surface area contributed by atoms with Gasteiger partial charge in [-0.2, -0.15) is 0 Å². The summed E-state index contributed by atoms with van der Waals surface area (Å²) in [7, 11) is 6.39. The van der Waals surface area contributed by atoms with E-state index in [0.717, 1.165) is 28.0 Å². The van der Waals surface area contributed by atoms with Crippen molar-refractivity contribution in [3.8, 4) is 34.5 Å². The molecule has 192 valence electrons. The fraction of sp³-hybridized carbons (Fsp3) is 0.276. The van der Waals surface area contributed by atoms with Crippen molar-refractivity contribution in [1.29, 1.82) is 0 Å². The number of aryl methyl sites for hydroxylation is 1. The molecule has 0 atom stereocenters. The molecule has 0 saturated carbocycles. The maximum atomic E-state index is 13.4. The first kappa shape index (κ1) is 24.5. The van der Waals surface area contributed by atoms with Gasteiger partial charge in [0, 0.05) is 13.1 Å². The standard InChI is InChI=1S/C29H29NO7/c1-17-10-23-20(15-30(16-36-23)14-19-7-9-22(33-3)25(13-19)35-5)29-27(17)28(31)26(37-29)12-18-6-8-21(32-2)24(11-18)34-4/h6-13H,14-16H2,1-5H3/b26-12-. The van der Waals surface area contributed by atoms with Crippen molar-refractivity contribution < 1.29 is 33.2 Å². The van der Waals surface area contributed by atoms with Gasteiger partial charge in [-0.05, 0) is 60.0 Å². The molecule has 2 aliphatic rings. The molecule has 0 unspecified atom stereocenters. The summed E-state index contributed by atoms with van der Waals surface area (Å²) in [5.74, 6) is 3.95. The fourth-order valence-corrected chi connectivity index (χ4v) is 4.71. The Morgan fingerprint density at radius 3 is 2.27 bits per heavy atom. The summed E-state index contributed by atoms with van der Waals surface area (Å²) in [6, 6.07) is 13.2. The van der Waals surface area contributed by atoms with Crippen molar-refractivity contribution in [2.45, 2.75) is 20.0 Å². The molecule has 8 heteroatoms. The van der Waals surface area contributed by atoms with E-state index in [1.165, 1.54) is 0 Å². The van der Waals surface area contributed by atoms with Gasteiger partial charge in [0.15, 0.2) is 28.8 Å². The largest absolute Gasteiger partial charge is 0.493 e. The summed E-state index contributed by atoms with van der Waals surface area (Å²) in [5, 5.41) is 0. The van der Waals surface area contributed by atoms with Crippen molar-refractivity contribution in [2.75, 3.05) is 35.2 Å². The van der Waals surface area contributed by atoms with Crippen LogP contribution in [0.5, 0.6) is 34.5 Å². The van der Waals surface area contributed by atoms with Gasteiger partial charge in [-0.15, -0.1) is 0 Å². The number of nitrogens with zero attached hydrogens (tertiary/aromatic N) is 1. The number of rotatable bonds is 7. The van der Waals surface area contributed by atoms with Crippen LogP contribution >= 0.6 is 0 Å². The number of carbonyl (C=O) groups is 1. The zero-order chi connectivity index (χ0) is 26.1. The van der Waals surface area contributed by atoms with Crippen LogP contribution in [0.4, 0.5) is 0 Å². The minimum atomic E-state index is -0.151. The normalized spacial score (nSPS) is 15.5. The molecule has 5 rings (SSSR count). The summed E-state index contributed by atoms with van der Waals surface area (Å²) in [5.41, 5.74) is 4.08. The first-order valence-corrected chi connectivity index (χ1v) is 11.8. The van der Waals surface area contributed by atoms with E-state index in [4.69, 9.17) is 28.4 Å². The number of ether oxygens (including phenoxy) is 6. The Morgan fingerprint density at radius 2 is 1.57 bits per heavy atom. The lowest BCUT2D eigenvalue weighted by molar-refractivity contribution is 0.0871. The lowest BCUT2D eigenvalue weighted by atomic mass is 9.98. The van der Waals surface area contributed by atoms with E-state index in [1.807, 2.05) is 43.3 Å². The third-order valence-corrected chi connectivity index (χ3v) is 6.55. The number of carbonyl (C=O) groups excluding carboxylic acids is 1. The SMILES string of the molecule is COc1ccc(/C=C2\Oc3c4c(cc(C)c3C2=O)OCN(Cc2ccc(OC)c(OC)c2)C4)cc1OC. The Morgan fingerprint density at radius 1 is 0.892 bits per heavy atom. The molecule has 0 radical (unpaired) electrons. The summed E-state index contributed by atoms with van der Waals surface area (Å²) < 4.78 is 33.8. The Bertz CT molecular complexity index is 1400. The zero-order valence-corrected chi connectivity index (χ0v) is 21.5.